The second kappa shape index (κ2) is 7.62. The van der Waals surface area contributed by atoms with E-state index in [0.717, 1.165) is 12.8 Å². The van der Waals surface area contributed by atoms with Crippen LogP contribution in [0.25, 0.3) is 0 Å². The van der Waals surface area contributed by atoms with Crippen LogP contribution in [-0.4, -0.2) is 5.78 Å². The van der Waals surface area contributed by atoms with Crippen LogP contribution in [0.4, 0.5) is 0 Å². The largest absolute Gasteiger partial charge is 0.285 e. The molecule has 0 aromatic carbocycles. The Morgan fingerprint density at radius 3 is 2.07 bits per heavy atom. The summed E-state index contributed by atoms with van der Waals surface area (Å²) in [6, 6.07) is 0. The quantitative estimate of drug-likeness (QED) is 0.424. The number of Topliss-reactive ketones (excluding diaryl/α,β-unsaturated/α-hetero) is 1. The molecule has 0 heterocycles. The van der Waals surface area contributed by atoms with E-state index in [-0.39, 0.29) is 5.78 Å². The van der Waals surface area contributed by atoms with Crippen molar-refractivity contribution in [2.75, 3.05) is 0 Å². The number of rotatable bonds is 0. The van der Waals surface area contributed by atoms with Crippen LogP contribution in [0.5, 0.6) is 0 Å². The van der Waals surface area contributed by atoms with Gasteiger partial charge in [0.05, 0.1) is 0 Å². The zero-order valence-corrected chi connectivity index (χ0v) is 8.98. The van der Waals surface area contributed by atoms with Gasteiger partial charge in [0.25, 0.3) is 0 Å². The van der Waals surface area contributed by atoms with E-state index in [4.69, 9.17) is 0 Å². The number of ketones is 1. The van der Waals surface area contributed by atoms with Crippen molar-refractivity contribution < 1.29 is 4.79 Å². The van der Waals surface area contributed by atoms with Crippen LogP contribution >= 0.6 is 0 Å². The monoisotopic (exact) mass is 192 g/mol. The standard InChI is InChI=1S/C13H20O/c14-13-11-9-7-5-3-1-2-4-6-8-10-12-13/h1-9,11H2. The molecule has 0 bridgehead atoms. The Hall–Kier alpha value is -0.770. The highest BCUT2D eigenvalue weighted by atomic mass is 16.1. The van der Waals surface area contributed by atoms with E-state index in [9.17, 15) is 4.79 Å². The molecule has 0 atom stereocenters. The summed E-state index contributed by atoms with van der Waals surface area (Å²) < 4.78 is 0. The molecule has 0 saturated heterocycles. The summed E-state index contributed by atoms with van der Waals surface area (Å²) >= 11 is 0. The Labute approximate surface area is 87.3 Å². The Bertz CT molecular complexity index is 219. The fourth-order valence-electron chi connectivity index (χ4n) is 1.78. The highest BCUT2D eigenvalue weighted by molar-refractivity contribution is 5.95. The summed E-state index contributed by atoms with van der Waals surface area (Å²) in [6.07, 6.45) is 11.6. The van der Waals surface area contributed by atoms with Crippen LogP contribution in [0.2, 0.25) is 0 Å². The predicted octanol–water partition coefficient (Wildman–Crippen LogP) is 3.47. The van der Waals surface area contributed by atoms with E-state index in [2.05, 4.69) is 11.8 Å². The van der Waals surface area contributed by atoms with Crippen LogP contribution in [0.3, 0.4) is 0 Å². The van der Waals surface area contributed by atoms with Gasteiger partial charge in [-0.2, -0.15) is 0 Å². The van der Waals surface area contributed by atoms with Crippen molar-refractivity contribution in [1.82, 2.24) is 0 Å². The second-order valence-electron chi connectivity index (χ2n) is 4.05. The lowest BCUT2D eigenvalue weighted by atomic mass is 10.1. The summed E-state index contributed by atoms with van der Waals surface area (Å²) in [5.41, 5.74) is 0. The first-order valence-corrected chi connectivity index (χ1v) is 5.91. The molecule has 0 amide bonds. The molecule has 0 unspecified atom stereocenters. The molecule has 0 aromatic heterocycles. The van der Waals surface area contributed by atoms with Crippen LogP contribution in [-0.2, 0) is 4.79 Å². The lowest BCUT2D eigenvalue weighted by molar-refractivity contribution is -0.113. The van der Waals surface area contributed by atoms with Crippen LogP contribution in [0, 0.1) is 11.8 Å². The van der Waals surface area contributed by atoms with E-state index < -0.39 is 0 Å². The topological polar surface area (TPSA) is 17.1 Å². The second-order valence-corrected chi connectivity index (χ2v) is 4.05. The van der Waals surface area contributed by atoms with Gasteiger partial charge in [-0.25, -0.2) is 0 Å². The minimum absolute atomic E-state index is 0.143. The maximum atomic E-state index is 11.2. The predicted molar refractivity (Wildman–Crippen MR) is 59.0 cm³/mol. The first-order chi connectivity index (χ1) is 6.89. The summed E-state index contributed by atoms with van der Waals surface area (Å²) in [5.74, 6) is 5.85. The third-order valence-electron chi connectivity index (χ3n) is 2.68. The molecule has 1 aliphatic rings. The van der Waals surface area contributed by atoms with Gasteiger partial charge < -0.3 is 0 Å². The Kier molecular flexibility index (Phi) is 6.15. The molecule has 0 aromatic rings. The van der Waals surface area contributed by atoms with Crippen LogP contribution in [0.1, 0.15) is 64.2 Å². The molecule has 14 heavy (non-hydrogen) atoms. The SMILES string of the molecule is O=C1C#CCCCCCCCCCC1. The minimum Gasteiger partial charge on any atom is -0.285 e. The average molecular weight is 192 g/mol. The van der Waals surface area contributed by atoms with E-state index in [1.54, 1.807) is 0 Å². The van der Waals surface area contributed by atoms with Crippen LogP contribution in [0.15, 0.2) is 0 Å². The van der Waals surface area contributed by atoms with Gasteiger partial charge in [0.15, 0.2) is 0 Å². The first-order valence-electron chi connectivity index (χ1n) is 5.91. The summed E-state index contributed by atoms with van der Waals surface area (Å²) in [5, 5.41) is 0. The van der Waals surface area contributed by atoms with Crippen LogP contribution < -0.4 is 0 Å². The molecule has 0 fully saturated rings. The minimum atomic E-state index is 0.143. The molecule has 1 nitrogen and oxygen atoms in total. The van der Waals surface area contributed by atoms with Gasteiger partial charge >= 0.3 is 0 Å². The molecular formula is C13H20O. The fraction of sp³-hybridized carbons (Fsp3) is 0.769. The molecule has 1 aliphatic carbocycles. The molecule has 0 radical (unpaired) electrons. The van der Waals surface area contributed by atoms with Gasteiger partial charge in [-0.3, -0.25) is 4.79 Å². The lowest BCUT2D eigenvalue weighted by Gasteiger charge is -1.99. The van der Waals surface area contributed by atoms with Crippen molar-refractivity contribution in [3.8, 4) is 11.8 Å². The summed E-state index contributed by atoms with van der Waals surface area (Å²) in [4.78, 5) is 11.2. The van der Waals surface area contributed by atoms with Gasteiger partial charge in [-0.1, -0.05) is 44.4 Å². The van der Waals surface area contributed by atoms with Crippen molar-refractivity contribution in [2.24, 2.45) is 0 Å². The fourth-order valence-corrected chi connectivity index (χ4v) is 1.78. The Balaban J connectivity index is 2.28. The van der Waals surface area contributed by atoms with Crippen molar-refractivity contribution in [2.45, 2.75) is 64.2 Å². The van der Waals surface area contributed by atoms with Gasteiger partial charge in [0.2, 0.25) is 5.78 Å². The highest BCUT2D eigenvalue weighted by Gasteiger charge is 1.98. The van der Waals surface area contributed by atoms with E-state index in [0.29, 0.717) is 6.42 Å². The van der Waals surface area contributed by atoms with E-state index in [1.807, 2.05) is 0 Å². The Morgan fingerprint density at radius 2 is 1.36 bits per heavy atom. The number of carbonyl (C=O) groups excluding carboxylic acids is 1. The van der Waals surface area contributed by atoms with Crippen molar-refractivity contribution in [1.29, 1.82) is 0 Å². The Morgan fingerprint density at radius 1 is 0.786 bits per heavy atom. The molecule has 1 heteroatoms. The first kappa shape index (κ1) is 11.3. The van der Waals surface area contributed by atoms with Crippen molar-refractivity contribution >= 4 is 5.78 Å². The zero-order valence-electron chi connectivity index (χ0n) is 8.98. The maximum Gasteiger partial charge on any atom is 0.205 e. The van der Waals surface area contributed by atoms with Crippen molar-refractivity contribution in [3.05, 3.63) is 0 Å². The molecule has 0 N–H and O–H groups in total. The third-order valence-corrected chi connectivity index (χ3v) is 2.68. The van der Waals surface area contributed by atoms with Gasteiger partial charge in [-0.05, 0) is 18.8 Å². The summed E-state index contributed by atoms with van der Waals surface area (Å²) in [7, 11) is 0. The lowest BCUT2D eigenvalue weighted by Crippen LogP contribution is -1.92. The molecule has 0 aliphatic heterocycles. The van der Waals surface area contributed by atoms with Crippen molar-refractivity contribution in [3.63, 3.8) is 0 Å². The van der Waals surface area contributed by atoms with E-state index in [1.165, 1.54) is 44.9 Å². The molecular weight excluding hydrogens is 172 g/mol. The molecule has 0 spiro atoms. The van der Waals surface area contributed by atoms with Gasteiger partial charge in [0, 0.05) is 12.8 Å². The van der Waals surface area contributed by atoms with Gasteiger partial charge in [-0.15, -0.1) is 0 Å². The van der Waals surface area contributed by atoms with Gasteiger partial charge in [0.1, 0.15) is 0 Å². The smallest absolute Gasteiger partial charge is 0.205 e. The average Bonchev–Trinajstić information content (AvgIpc) is 2.20. The maximum absolute atomic E-state index is 11.2. The number of hydrogen-bond acceptors (Lipinski definition) is 1. The molecule has 1 rings (SSSR count). The zero-order chi connectivity index (χ0) is 10.1. The summed E-state index contributed by atoms with van der Waals surface area (Å²) in [6.45, 7) is 0. The number of carbonyl (C=O) groups is 1. The third kappa shape index (κ3) is 5.80. The van der Waals surface area contributed by atoms with E-state index >= 15 is 0 Å². The molecule has 0 saturated carbocycles. The highest BCUT2D eigenvalue weighted by Crippen LogP contribution is 2.11. The normalized spacial score (nSPS) is 21.0. The molecule has 78 valence electrons. The number of hydrogen-bond donors (Lipinski definition) is 0.